The topological polar surface area (TPSA) is 54.9 Å². The molecule has 2 N–H and O–H groups in total. The lowest BCUT2D eigenvalue weighted by Crippen LogP contribution is -2.23. The molecule has 33 heavy (non-hydrogen) atoms. The number of rotatable bonds is 9. The monoisotopic (exact) mass is 525 g/mol. The highest BCUT2D eigenvalue weighted by molar-refractivity contribution is 9.10. The second-order valence-electron chi connectivity index (χ2n) is 7.77. The fourth-order valence-electron chi connectivity index (χ4n) is 3.14. The maximum atomic E-state index is 6.03. The van der Waals surface area contributed by atoms with Gasteiger partial charge in [-0.2, -0.15) is 5.10 Å². The van der Waals surface area contributed by atoms with Gasteiger partial charge in [-0.3, -0.25) is 5.43 Å². The number of ether oxygens (including phenoxy) is 2. The number of para-hydroxylation sites is 1. The van der Waals surface area contributed by atoms with E-state index in [-0.39, 0.29) is 0 Å². The van der Waals surface area contributed by atoms with Crippen LogP contribution in [0.25, 0.3) is 0 Å². The molecule has 0 aliphatic carbocycles. The molecule has 0 fully saturated rings. The number of nitrogens with one attached hydrogen (secondary N) is 2. The average molecular weight is 527 g/mol. The molecule has 0 aliphatic rings. The molecule has 7 heteroatoms. The van der Waals surface area contributed by atoms with Crippen LogP contribution in [0.4, 0.5) is 5.69 Å². The number of anilines is 1. The Morgan fingerprint density at radius 3 is 2.45 bits per heavy atom. The van der Waals surface area contributed by atoms with Crippen molar-refractivity contribution in [3.05, 3.63) is 87.9 Å². The Morgan fingerprint density at radius 1 is 1.00 bits per heavy atom. The lowest BCUT2D eigenvalue weighted by molar-refractivity contribution is 0.215. The van der Waals surface area contributed by atoms with E-state index in [2.05, 4.69) is 70.7 Å². The number of nitrogens with zero attached hydrogens (tertiary/aromatic N) is 1. The van der Waals surface area contributed by atoms with E-state index in [4.69, 9.17) is 21.7 Å². The maximum absolute atomic E-state index is 6.03. The minimum absolute atomic E-state index is 0.394. The zero-order valence-electron chi connectivity index (χ0n) is 19.0. The summed E-state index contributed by atoms with van der Waals surface area (Å²) in [5.41, 5.74) is 6.92. The third-order valence-corrected chi connectivity index (χ3v) is 5.45. The van der Waals surface area contributed by atoms with Crippen molar-refractivity contribution in [2.24, 2.45) is 5.10 Å². The summed E-state index contributed by atoms with van der Waals surface area (Å²) >= 11 is 8.79. The Kier molecular flexibility index (Phi) is 9.27. The third kappa shape index (κ3) is 7.87. The molecule has 0 atom stereocenters. The van der Waals surface area contributed by atoms with Gasteiger partial charge in [0, 0.05) is 15.7 Å². The first-order valence-corrected chi connectivity index (χ1v) is 11.9. The van der Waals surface area contributed by atoms with Crippen molar-refractivity contribution < 1.29 is 9.47 Å². The molecule has 172 valence electrons. The van der Waals surface area contributed by atoms with Crippen molar-refractivity contribution in [2.45, 2.75) is 26.7 Å². The van der Waals surface area contributed by atoms with Crippen molar-refractivity contribution in [1.29, 1.82) is 0 Å². The second-order valence-corrected chi connectivity index (χ2v) is 9.09. The van der Waals surface area contributed by atoms with Crippen molar-refractivity contribution in [1.82, 2.24) is 5.43 Å². The van der Waals surface area contributed by atoms with Crippen LogP contribution in [0.3, 0.4) is 0 Å². The summed E-state index contributed by atoms with van der Waals surface area (Å²) in [6.45, 7) is 7.25. The van der Waals surface area contributed by atoms with E-state index in [1.165, 1.54) is 11.1 Å². The highest BCUT2D eigenvalue weighted by atomic mass is 79.9. The minimum Gasteiger partial charge on any atom is -0.490 e. The summed E-state index contributed by atoms with van der Waals surface area (Å²) in [5, 5.41) is 7.73. The lowest BCUT2D eigenvalue weighted by Gasteiger charge is -2.15. The van der Waals surface area contributed by atoms with Gasteiger partial charge in [-0.25, -0.2) is 0 Å². The zero-order valence-corrected chi connectivity index (χ0v) is 21.4. The van der Waals surface area contributed by atoms with Gasteiger partial charge in [-0.05, 0) is 72.6 Å². The van der Waals surface area contributed by atoms with E-state index in [0.717, 1.165) is 21.5 Å². The fraction of sp³-hybridized carbons (Fsp3) is 0.231. The summed E-state index contributed by atoms with van der Waals surface area (Å²) in [6, 6.07) is 21.8. The minimum atomic E-state index is 0.394. The third-order valence-electron chi connectivity index (χ3n) is 4.76. The van der Waals surface area contributed by atoms with E-state index in [0.29, 0.717) is 30.0 Å². The van der Waals surface area contributed by atoms with Gasteiger partial charge in [0.15, 0.2) is 5.11 Å². The molecule has 3 rings (SSSR count). The van der Waals surface area contributed by atoms with Gasteiger partial charge < -0.3 is 14.8 Å². The van der Waals surface area contributed by atoms with Crippen molar-refractivity contribution in [3.63, 3.8) is 0 Å². The van der Waals surface area contributed by atoms with E-state index >= 15 is 0 Å². The Bertz CT molecular complexity index is 1100. The second kappa shape index (κ2) is 12.4. The standard InChI is InChI=1S/C26H28BrN3O2S/c1-18(2)23-11-9-19(3)15-25(23)32-14-13-31-24-12-10-21(27)16-20(24)17-28-30-26(33)29-22-7-5-4-6-8-22/h4-12,15-18H,13-14H2,1-3H3,(H2,29,30,33)/b28-17+. The van der Waals surface area contributed by atoms with Crippen molar-refractivity contribution in [3.8, 4) is 11.5 Å². The highest BCUT2D eigenvalue weighted by Gasteiger charge is 2.09. The number of hydrazone groups is 1. The Hall–Kier alpha value is -2.90. The number of hydrogen-bond donors (Lipinski definition) is 2. The maximum Gasteiger partial charge on any atom is 0.191 e. The SMILES string of the molecule is Cc1ccc(C(C)C)c(OCCOc2ccc(Br)cc2/C=N/NC(=S)Nc2ccccc2)c1. The number of benzene rings is 3. The first-order valence-electron chi connectivity index (χ1n) is 10.7. The van der Waals surface area contributed by atoms with Crippen molar-refractivity contribution in [2.75, 3.05) is 18.5 Å². The molecule has 0 saturated heterocycles. The molecule has 0 saturated carbocycles. The summed E-state index contributed by atoms with van der Waals surface area (Å²) in [4.78, 5) is 0. The molecule has 3 aromatic rings. The molecule has 0 amide bonds. The molecule has 0 bridgehead atoms. The van der Waals surface area contributed by atoms with E-state index in [1.807, 2.05) is 48.5 Å². The number of halogens is 1. The van der Waals surface area contributed by atoms with Gasteiger partial charge in [0.2, 0.25) is 0 Å². The molecule has 3 aromatic carbocycles. The van der Waals surface area contributed by atoms with Gasteiger partial charge in [-0.15, -0.1) is 0 Å². The molecule has 0 radical (unpaired) electrons. The molecular weight excluding hydrogens is 498 g/mol. The number of hydrogen-bond acceptors (Lipinski definition) is 4. The van der Waals surface area contributed by atoms with E-state index in [9.17, 15) is 0 Å². The van der Waals surface area contributed by atoms with Crippen molar-refractivity contribution >= 4 is 45.2 Å². The number of thiocarbonyl (C=S) groups is 1. The van der Waals surface area contributed by atoms with Gasteiger partial charge in [0.05, 0.1) is 6.21 Å². The smallest absolute Gasteiger partial charge is 0.191 e. The van der Waals surface area contributed by atoms with Gasteiger partial charge in [0.1, 0.15) is 24.7 Å². The van der Waals surface area contributed by atoms with Crippen LogP contribution in [0.5, 0.6) is 11.5 Å². The van der Waals surface area contributed by atoms with Crippen LogP contribution in [-0.4, -0.2) is 24.5 Å². The quantitative estimate of drug-likeness (QED) is 0.141. The van der Waals surface area contributed by atoms with Crippen LogP contribution in [0, 0.1) is 6.92 Å². The fourth-order valence-corrected chi connectivity index (χ4v) is 3.69. The Labute approximate surface area is 209 Å². The zero-order chi connectivity index (χ0) is 23.6. The Balaban J connectivity index is 1.56. The average Bonchev–Trinajstić information content (AvgIpc) is 2.78. The molecule has 0 unspecified atom stereocenters. The first kappa shape index (κ1) is 24.7. The molecule has 5 nitrogen and oxygen atoms in total. The lowest BCUT2D eigenvalue weighted by atomic mass is 10.0. The molecule has 0 heterocycles. The van der Waals surface area contributed by atoms with Crippen LogP contribution in [0.15, 0.2) is 76.3 Å². The summed E-state index contributed by atoms with van der Waals surface area (Å²) < 4.78 is 12.9. The van der Waals surface area contributed by atoms with E-state index in [1.54, 1.807) is 6.21 Å². The molecular formula is C26H28BrN3O2S. The van der Waals surface area contributed by atoms with Crippen LogP contribution in [-0.2, 0) is 0 Å². The van der Waals surface area contributed by atoms with Crippen LogP contribution < -0.4 is 20.2 Å². The predicted octanol–water partition coefficient (Wildman–Crippen LogP) is 6.66. The number of aryl methyl sites for hydroxylation is 1. The summed E-state index contributed by atoms with van der Waals surface area (Å²) in [7, 11) is 0. The van der Waals surface area contributed by atoms with Crippen LogP contribution in [0.1, 0.15) is 36.5 Å². The van der Waals surface area contributed by atoms with Crippen LogP contribution >= 0.6 is 28.1 Å². The summed E-state index contributed by atoms with van der Waals surface area (Å²) in [6.07, 6.45) is 1.68. The van der Waals surface area contributed by atoms with Gasteiger partial charge >= 0.3 is 0 Å². The highest BCUT2D eigenvalue weighted by Crippen LogP contribution is 2.27. The van der Waals surface area contributed by atoms with E-state index < -0.39 is 0 Å². The predicted molar refractivity (Wildman–Crippen MR) is 144 cm³/mol. The summed E-state index contributed by atoms with van der Waals surface area (Å²) in [5.74, 6) is 2.02. The molecule has 0 aliphatic heterocycles. The first-order chi connectivity index (χ1) is 15.9. The molecule has 0 spiro atoms. The van der Waals surface area contributed by atoms with Gasteiger partial charge in [-0.1, -0.05) is 60.1 Å². The van der Waals surface area contributed by atoms with Gasteiger partial charge in [0.25, 0.3) is 0 Å². The normalized spacial score (nSPS) is 10.9. The Morgan fingerprint density at radius 2 is 1.73 bits per heavy atom. The molecule has 0 aromatic heterocycles. The van der Waals surface area contributed by atoms with Crippen LogP contribution in [0.2, 0.25) is 0 Å². The largest absolute Gasteiger partial charge is 0.490 e.